The number of para-hydroxylation sites is 1. The van der Waals surface area contributed by atoms with Crippen LogP contribution in [0.15, 0.2) is 24.3 Å². The fraction of sp³-hybridized carbons (Fsp3) is 0.389. The number of nitro benzene ring substituents is 1. The van der Waals surface area contributed by atoms with Crippen LogP contribution in [0.25, 0.3) is 0 Å². The van der Waals surface area contributed by atoms with Gasteiger partial charge in [0.15, 0.2) is 0 Å². The molecule has 0 radical (unpaired) electrons. The van der Waals surface area contributed by atoms with Gasteiger partial charge in [-0.2, -0.15) is 0 Å². The second-order valence-corrected chi connectivity index (χ2v) is 7.70. The number of anilines is 1. The summed E-state index contributed by atoms with van der Waals surface area (Å²) in [6.07, 6.45) is 3.65. The van der Waals surface area contributed by atoms with Crippen LogP contribution >= 0.6 is 11.3 Å². The third kappa shape index (κ3) is 2.68. The zero-order chi connectivity index (χ0) is 17.6. The van der Waals surface area contributed by atoms with Gasteiger partial charge in [0.05, 0.1) is 16.1 Å². The molecule has 6 nitrogen and oxygen atoms in total. The Hall–Kier alpha value is -2.41. The van der Waals surface area contributed by atoms with E-state index in [-0.39, 0.29) is 11.6 Å². The van der Waals surface area contributed by atoms with Crippen molar-refractivity contribution in [2.24, 2.45) is 5.92 Å². The van der Waals surface area contributed by atoms with Gasteiger partial charge in [-0.25, -0.2) is 0 Å². The monoisotopic (exact) mass is 357 g/mol. The number of thiophene rings is 1. The first-order chi connectivity index (χ1) is 12.1. The Morgan fingerprint density at radius 1 is 1.32 bits per heavy atom. The van der Waals surface area contributed by atoms with Gasteiger partial charge in [-0.3, -0.25) is 14.9 Å². The van der Waals surface area contributed by atoms with E-state index < -0.39 is 11.1 Å². The highest BCUT2D eigenvalue weighted by atomic mass is 32.1. The molecular formula is C18H19N3O3S. The van der Waals surface area contributed by atoms with Crippen LogP contribution < -0.4 is 10.6 Å². The molecule has 0 saturated heterocycles. The number of hydrogen-bond acceptors (Lipinski definition) is 5. The molecule has 0 bridgehead atoms. The fourth-order valence-electron chi connectivity index (χ4n) is 3.77. The van der Waals surface area contributed by atoms with Crippen molar-refractivity contribution in [2.75, 3.05) is 5.32 Å². The molecular weight excluding hydrogens is 338 g/mol. The van der Waals surface area contributed by atoms with Gasteiger partial charge in [0.25, 0.3) is 11.6 Å². The minimum absolute atomic E-state index is 0.0103. The quantitative estimate of drug-likeness (QED) is 0.642. The number of carbonyl (C=O) groups excluding carboxylic acids is 1. The predicted molar refractivity (Wildman–Crippen MR) is 97.1 cm³/mol. The lowest BCUT2D eigenvalue weighted by atomic mass is 9.85. The highest BCUT2D eigenvalue weighted by molar-refractivity contribution is 7.16. The van der Waals surface area contributed by atoms with Crippen LogP contribution in [-0.4, -0.2) is 10.8 Å². The van der Waals surface area contributed by atoms with Gasteiger partial charge in [-0.15, -0.1) is 11.3 Å². The van der Waals surface area contributed by atoms with Crippen molar-refractivity contribution in [2.45, 2.75) is 38.8 Å². The molecule has 2 heterocycles. The molecule has 2 aromatic rings. The normalized spacial score (nSPS) is 21.7. The Morgan fingerprint density at radius 2 is 2.12 bits per heavy atom. The standard InChI is InChI=1S/C18H19N3O3S/c1-2-10-7-8-12-14(9-10)25-18-15(12)17(22)19-16(20-18)11-5-3-4-6-13(11)21(23)24/h3-6,10,16,20H,2,7-9H2,1H3,(H,19,22)/t10-,16-/m1/s1. The summed E-state index contributed by atoms with van der Waals surface area (Å²) in [5.41, 5.74) is 2.39. The highest BCUT2D eigenvalue weighted by Crippen LogP contribution is 2.43. The van der Waals surface area contributed by atoms with E-state index in [1.165, 1.54) is 10.9 Å². The minimum Gasteiger partial charge on any atom is -0.352 e. The summed E-state index contributed by atoms with van der Waals surface area (Å²) in [5, 5.41) is 18.3. The largest absolute Gasteiger partial charge is 0.352 e. The lowest BCUT2D eigenvalue weighted by molar-refractivity contribution is -0.385. The van der Waals surface area contributed by atoms with Crippen LogP contribution in [0.1, 0.15) is 52.3 Å². The SMILES string of the molecule is CC[C@@H]1CCc2c(sc3c2C(=O)N[C@@H](c2ccccc2[N+](=O)[O-])N3)C1. The molecule has 1 aliphatic carbocycles. The molecule has 1 amide bonds. The maximum atomic E-state index is 12.7. The van der Waals surface area contributed by atoms with E-state index >= 15 is 0 Å². The van der Waals surface area contributed by atoms with Gasteiger partial charge >= 0.3 is 0 Å². The first-order valence-corrected chi connectivity index (χ1v) is 9.35. The maximum absolute atomic E-state index is 12.7. The molecule has 7 heteroatoms. The first-order valence-electron chi connectivity index (χ1n) is 8.53. The molecule has 0 saturated carbocycles. The molecule has 2 atom stereocenters. The van der Waals surface area contributed by atoms with E-state index in [0.29, 0.717) is 11.5 Å². The second-order valence-electron chi connectivity index (χ2n) is 6.59. The van der Waals surface area contributed by atoms with E-state index in [9.17, 15) is 14.9 Å². The number of carbonyl (C=O) groups is 1. The van der Waals surface area contributed by atoms with Crippen LogP contribution in [0.3, 0.4) is 0 Å². The molecule has 1 aromatic carbocycles. The average Bonchev–Trinajstić information content (AvgIpc) is 2.99. The summed E-state index contributed by atoms with van der Waals surface area (Å²) in [5.74, 6) is 0.547. The van der Waals surface area contributed by atoms with E-state index in [0.717, 1.165) is 41.8 Å². The van der Waals surface area contributed by atoms with Crippen molar-refractivity contribution in [1.82, 2.24) is 5.32 Å². The maximum Gasteiger partial charge on any atom is 0.276 e. The van der Waals surface area contributed by atoms with Gasteiger partial charge in [-0.05, 0) is 36.8 Å². The summed E-state index contributed by atoms with van der Waals surface area (Å²) in [4.78, 5) is 24.9. The van der Waals surface area contributed by atoms with Crippen LogP contribution in [0.4, 0.5) is 10.7 Å². The summed E-state index contributed by atoms with van der Waals surface area (Å²) < 4.78 is 0. The first kappa shape index (κ1) is 16.1. The number of rotatable bonds is 3. The Labute approximate surface area is 149 Å². The van der Waals surface area contributed by atoms with Crippen molar-refractivity contribution in [3.05, 3.63) is 55.9 Å². The molecule has 1 aromatic heterocycles. The molecule has 25 heavy (non-hydrogen) atoms. The predicted octanol–water partition coefficient (Wildman–Crippen LogP) is 4.03. The van der Waals surface area contributed by atoms with E-state index in [1.54, 1.807) is 29.5 Å². The topological polar surface area (TPSA) is 84.3 Å². The number of nitrogens with zero attached hydrogens (tertiary/aromatic N) is 1. The number of benzene rings is 1. The van der Waals surface area contributed by atoms with Gasteiger partial charge < -0.3 is 10.6 Å². The molecule has 1 aliphatic heterocycles. The van der Waals surface area contributed by atoms with Gasteiger partial charge in [0.2, 0.25) is 0 Å². The van der Waals surface area contributed by atoms with Gasteiger partial charge in [0.1, 0.15) is 11.2 Å². The Balaban J connectivity index is 1.70. The Morgan fingerprint density at radius 3 is 2.88 bits per heavy atom. The molecule has 0 unspecified atom stereocenters. The average molecular weight is 357 g/mol. The molecule has 0 spiro atoms. The van der Waals surface area contributed by atoms with Crippen molar-refractivity contribution in [3.8, 4) is 0 Å². The second kappa shape index (κ2) is 6.15. The van der Waals surface area contributed by atoms with Crippen molar-refractivity contribution in [1.29, 1.82) is 0 Å². The van der Waals surface area contributed by atoms with Crippen molar-refractivity contribution in [3.63, 3.8) is 0 Å². The number of nitrogens with one attached hydrogen (secondary N) is 2. The summed E-state index contributed by atoms with van der Waals surface area (Å²) in [6, 6.07) is 6.52. The third-order valence-electron chi connectivity index (χ3n) is 5.17. The summed E-state index contributed by atoms with van der Waals surface area (Å²) >= 11 is 1.63. The Bertz CT molecular complexity index is 861. The van der Waals surface area contributed by atoms with Crippen LogP contribution in [0.2, 0.25) is 0 Å². The molecule has 0 fully saturated rings. The van der Waals surface area contributed by atoms with Crippen LogP contribution in [0, 0.1) is 16.0 Å². The summed E-state index contributed by atoms with van der Waals surface area (Å²) in [6.45, 7) is 2.21. The van der Waals surface area contributed by atoms with Crippen molar-refractivity contribution < 1.29 is 9.72 Å². The smallest absolute Gasteiger partial charge is 0.276 e. The van der Waals surface area contributed by atoms with Crippen LogP contribution in [-0.2, 0) is 12.8 Å². The lowest BCUT2D eigenvalue weighted by Crippen LogP contribution is -2.38. The van der Waals surface area contributed by atoms with E-state index in [2.05, 4.69) is 17.6 Å². The number of amides is 1. The van der Waals surface area contributed by atoms with Crippen molar-refractivity contribution >= 4 is 27.9 Å². The van der Waals surface area contributed by atoms with Gasteiger partial charge in [0, 0.05) is 10.9 Å². The van der Waals surface area contributed by atoms with E-state index in [1.807, 2.05) is 0 Å². The highest BCUT2D eigenvalue weighted by Gasteiger charge is 2.35. The minimum atomic E-state index is -0.580. The fourth-order valence-corrected chi connectivity index (χ4v) is 5.16. The van der Waals surface area contributed by atoms with E-state index in [4.69, 9.17) is 0 Å². The molecule has 4 rings (SSSR count). The number of hydrogen-bond donors (Lipinski definition) is 2. The Kier molecular flexibility index (Phi) is 3.95. The zero-order valence-electron chi connectivity index (χ0n) is 13.9. The molecule has 130 valence electrons. The lowest BCUT2D eigenvalue weighted by Gasteiger charge is -2.27. The summed E-state index contributed by atoms with van der Waals surface area (Å²) in [7, 11) is 0. The third-order valence-corrected chi connectivity index (χ3v) is 6.35. The van der Waals surface area contributed by atoms with Crippen LogP contribution in [0.5, 0.6) is 0 Å². The number of fused-ring (bicyclic) bond motifs is 3. The number of nitro groups is 1. The molecule has 2 aliphatic rings. The zero-order valence-corrected chi connectivity index (χ0v) is 14.7. The van der Waals surface area contributed by atoms with Gasteiger partial charge in [-0.1, -0.05) is 25.5 Å². The molecule has 2 N–H and O–H groups in total.